The molecule has 0 spiro atoms. The molecule has 17 heavy (non-hydrogen) atoms. The van der Waals surface area contributed by atoms with Crippen molar-refractivity contribution in [1.82, 2.24) is 5.32 Å². The van der Waals surface area contributed by atoms with E-state index in [1.165, 1.54) is 6.26 Å². The summed E-state index contributed by atoms with van der Waals surface area (Å²) in [5, 5.41) is 3.25. The van der Waals surface area contributed by atoms with Gasteiger partial charge in [-0.25, -0.2) is 8.42 Å². The highest BCUT2D eigenvalue weighted by Gasteiger charge is 2.44. The molecule has 1 heterocycles. The van der Waals surface area contributed by atoms with Crippen molar-refractivity contribution in [2.45, 2.75) is 19.4 Å². The molecule has 1 aliphatic rings. The Hall–Kier alpha value is -0.520. The molecule has 1 aromatic heterocycles. The van der Waals surface area contributed by atoms with Crippen molar-refractivity contribution in [3.63, 3.8) is 0 Å². The molecule has 0 radical (unpaired) electrons. The molecule has 0 aromatic carbocycles. The molecule has 1 aromatic rings. The summed E-state index contributed by atoms with van der Waals surface area (Å²) in [5.74, 6) is 1.18. The van der Waals surface area contributed by atoms with E-state index in [1.54, 1.807) is 6.26 Å². The summed E-state index contributed by atoms with van der Waals surface area (Å²) in [7, 11) is -2.87. The highest BCUT2D eigenvalue weighted by Crippen LogP contribution is 2.46. The molecule has 0 atom stereocenters. The van der Waals surface area contributed by atoms with E-state index in [9.17, 15) is 8.42 Å². The lowest BCUT2D eigenvalue weighted by molar-refractivity contribution is 0.445. The van der Waals surface area contributed by atoms with Crippen LogP contribution in [-0.4, -0.2) is 27.0 Å². The molecule has 1 aliphatic carbocycles. The fourth-order valence-corrected chi connectivity index (χ4v) is 3.47. The zero-order valence-corrected chi connectivity index (χ0v) is 11.4. The molecule has 0 aliphatic heterocycles. The Labute approximate surface area is 108 Å². The lowest BCUT2D eigenvalue weighted by Crippen LogP contribution is -2.28. The Balaban J connectivity index is 0.00000144. The summed E-state index contributed by atoms with van der Waals surface area (Å²) in [6.45, 7) is 1.42. The Morgan fingerprint density at radius 2 is 2.18 bits per heavy atom. The summed E-state index contributed by atoms with van der Waals surface area (Å²) in [4.78, 5) is 0. The maximum Gasteiger partial charge on any atom is 0.148 e. The first-order valence-electron chi connectivity index (χ1n) is 5.40. The molecule has 2 rings (SSSR count). The first kappa shape index (κ1) is 14.5. The Bertz CT molecular complexity index is 437. The third-order valence-corrected chi connectivity index (χ3v) is 4.04. The number of rotatable bonds is 6. The lowest BCUT2D eigenvalue weighted by Gasteiger charge is -2.14. The third-order valence-electron chi connectivity index (χ3n) is 2.90. The minimum Gasteiger partial charge on any atom is -0.468 e. The summed E-state index contributed by atoms with van der Waals surface area (Å²) < 4.78 is 27.7. The second kappa shape index (κ2) is 5.42. The fraction of sp³-hybridized carbons (Fsp3) is 0.636. The Morgan fingerprint density at radius 1 is 1.47 bits per heavy atom. The van der Waals surface area contributed by atoms with Gasteiger partial charge in [0.25, 0.3) is 0 Å². The number of halogens is 1. The quantitative estimate of drug-likeness (QED) is 0.860. The standard InChI is InChI=1S/C11H17NO3S.ClH/c1-16(13,14)9-11(4-5-11)8-12-7-10-3-2-6-15-10;/h2-3,6,12H,4-5,7-9H2,1H3;1H. The van der Waals surface area contributed by atoms with Crippen molar-refractivity contribution in [1.29, 1.82) is 0 Å². The van der Waals surface area contributed by atoms with Crippen LogP contribution in [0.5, 0.6) is 0 Å². The van der Waals surface area contributed by atoms with Crippen LogP contribution in [0, 0.1) is 5.41 Å². The topological polar surface area (TPSA) is 59.3 Å². The molecule has 1 saturated carbocycles. The van der Waals surface area contributed by atoms with Crippen LogP contribution in [0.15, 0.2) is 22.8 Å². The molecule has 0 saturated heterocycles. The van der Waals surface area contributed by atoms with Gasteiger partial charge in [0, 0.05) is 12.8 Å². The zero-order valence-electron chi connectivity index (χ0n) is 9.81. The van der Waals surface area contributed by atoms with Gasteiger partial charge in [-0.3, -0.25) is 0 Å². The summed E-state index contributed by atoms with van der Waals surface area (Å²) >= 11 is 0. The monoisotopic (exact) mass is 279 g/mol. The normalized spacial score (nSPS) is 17.5. The highest BCUT2D eigenvalue weighted by atomic mass is 35.5. The van der Waals surface area contributed by atoms with Crippen LogP contribution in [0.1, 0.15) is 18.6 Å². The smallest absolute Gasteiger partial charge is 0.148 e. The Kier molecular flexibility index (Phi) is 4.63. The van der Waals surface area contributed by atoms with E-state index in [-0.39, 0.29) is 17.8 Å². The van der Waals surface area contributed by atoms with Gasteiger partial charge in [0.05, 0.1) is 18.6 Å². The average molecular weight is 280 g/mol. The number of furan rings is 1. The molecule has 4 nitrogen and oxygen atoms in total. The predicted molar refractivity (Wildman–Crippen MR) is 69.0 cm³/mol. The molecule has 1 N–H and O–H groups in total. The van der Waals surface area contributed by atoms with E-state index < -0.39 is 9.84 Å². The van der Waals surface area contributed by atoms with Gasteiger partial charge >= 0.3 is 0 Å². The second-order valence-corrected chi connectivity index (χ2v) is 6.89. The molecule has 1 fully saturated rings. The van der Waals surface area contributed by atoms with Gasteiger partial charge in [-0.05, 0) is 30.4 Å². The van der Waals surface area contributed by atoms with Crippen molar-refractivity contribution >= 4 is 22.2 Å². The largest absolute Gasteiger partial charge is 0.468 e. The molecular weight excluding hydrogens is 262 g/mol. The lowest BCUT2D eigenvalue weighted by atomic mass is 10.1. The van der Waals surface area contributed by atoms with Gasteiger partial charge in [0.2, 0.25) is 0 Å². The number of hydrogen-bond donors (Lipinski definition) is 1. The van der Waals surface area contributed by atoms with Gasteiger partial charge in [0.15, 0.2) is 0 Å². The molecule has 0 bridgehead atoms. The first-order valence-corrected chi connectivity index (χ1v) is 7.46. The van der Waals surface area contributed by atoms with Gasteiger partial charge in [-0.15, -0.1) is 12.4 Å². The van der Waals surface area contributed by atoms with E-state index in [1.807, 2.05) is 12.1 Å². The van der Waals surface area contributed by atoms with Crippen LogP contribution in [0.4, 0.5) is 0 Å². The van der Waals surface area contributed by atoms with Crippen LogP contribution in [-0.2, 0) is 16.4 Å². The summed E-state index contributed by atoms with van der Waals surface area (Å²) in [6, 6.07) is 3.75. The SMILES string of the molecule is CS(=O)(=O)CC1(CNCc2ccco2)CC1.Cl. The second-order valence-electron chi connectivity index (χ2n) is 4.75. The maximum atomic E-state index is 11.2. The van der Waals surface area contributed by atoms with E-state index in [0.717, 1.165) is 25.1 Å². The Morgan fingerprint density at radius 3 is 2.65 bits per heavy atom. The minimum atomic E-state index is -2.87. The number of hydrogen-bond acceptors (Lipinski definition) is 4. The van der Waals surface area contributed by atoms with Gasteiger partial charge in [0.1, 0.15) is 15.6 Å². The van der Waals surface area contributed by atoms with E-state index >= 15 is 0 Å². The maximum absolute atomic E-state index is 11.2. The van der Waals surface area contributed by atoms with Crippen molar-refractivity contribution in [2.24, 2.45) is 5.41 Å². The van der Waals surface area contributed by atoms with E-state index in [2.05, 4.69) is 5.32 Å². The van der Waals surface area contributed by atoms with Gasteiger partial charge in [-0.1, -0.05) is 0 Å². The molecule has 0 amide bonds. The van der Waals surface area contributed by atoms with Crippen LogP contribution < -0.4 is 5.32 Å². The van der Waals surface area contributed by atoms with Crippen molar-refractivity contribution in [3.8, 4) is 0 Å². The van der Waals surface area contributed by atoms with Crippen LogP contribution in [0.2, 0.25) is 0 Å². The van der Waals surface area contributed by atoms with Gasteiger partial charge < -0.3 is 9.73 Å². The fourth-order valence-electron chi connectivity index (χ4n) is 1.97. The average Bonchev–Trinajstić information content (AvgIpc) is 2.72. The van der Waals surface area contributed by atoms with E-state index in [0.29, 0.717) is 12.3 Å². The van der Waals surface area contributed by atoms with Gasteiger partial charge in [-0.2, -0.15) is 0 Å². The molecular formula is C11H18ClNO3S. The molecule has 0 unspecified atom stereocenters. The van der Waals surface area contributed by atoms with Crippen LogP contribution in [0.25, 0.3) is 0 Å². The predicted octanol–water partition coefficient (Wildman–Crippen LogP) is 1.62. The zero-order chi connectivity index (χ0) is 11.6. The highest BCUT2D eigenvalue weighted by molar-refractivity contribution is 7.90. The van der Waals surface area contributed by atoms with Crippen LogP contribution >= 0.6 is 12.4 Å². The third kappa shape index (κ3) is 4.69. The van der Waals surface area contributed by atoms with Crippen LogP contribution in [0.3, 0.4) is 0 Å². The molecule has 98 valence electrons. The van der Waals surface area contributed by atoms with E-state index in [4.69, 9.17) is 4.42 Å². The number of nitrogens with one attached hydrogen (secondary N) is 1. The first-order chi connectivity index (χ1) is 7.49. The van der Waals surface area contributed by atoms with Crippen molar-refractivity contribution in [2.75, 3.05) is 18.6 Å². The summed E-state index contributed by atoms with van der Waals surface area (Å²) in [6.07, 6.45) is 4.95. The van der Waals surface area contributed by atoms with Crippen molar-refractivity contribution < 1.29 is 12.8 Å². The summed E-state index contributed by atoms with van der Waals surface area (Å²) in [5.41, 5.74) is -0.0137. The molecule has 6 heteroatoms. The number of sulfone groups is 1. The minimum absolute atomic E-state index is 0. The van der Waals surface area contributed by atoms with Crippen molar-refractivity contribution in [3.05, 3.63) is 24.2 Å².